The van der Waals surface area contributed by atoms with Crippen molar-refractivity contribution in [2.45, 2.75) is 10.6 Å². The summed E-state index contributed by atoms with van der Waals surface area (Å²) in [5.41, 5.74) is 0. The van der Waals surface area contributed by atoms with E-state index in [1.54, 1.807) is 12.3 Å². The van der Waals surface area contributed by atoms with Gasteiger partial charge in [0.1, 0.15) is 10.8 Å². The van der Waals surface area contributed by atoms with Gasteiger partial charge in [0.05, 0.1) is 10.6 Å². The van der Waals surface area contributed by atoms with Gasteiger partial charge in [0.25, 0.3) is 0 Å². The van der Waals surface area contributed by atoms with Gasteiger partial charge < -0.3 is 0 Å². The van der Waals surface area contributed by atoms with Gasteiger partial charge in [-0.25, -0.2) is 9.37 Å². The number of aldehydes is 1. The molecule has 0 radical (unpaired) electrons. The average molecular weight is 253 g/mol. The van der Waals surface area contributed by atoms with E-state index in [1.807, 2.05) is 6.07 Å². The molecule has 16 heavy (non-hydrogen) atoms. The summed E-state index contributed by atoms with van der Waals surface area (Å²) < 4.78 is 12.9. The van der Waals surface area contributed by atoms with Crippen LogP contribution in [0.25, 0.3) is 0 Å². The molecule has 82 valence electrons. The highest BCUT2D eigenvalue weighted by Crippen LogP contribution is 2.25. The van der Waals surface area contributed by atoms with Gasteiger partial charge in [0, 0.05) is 11.1 Å². The molecule has 0 spiro atoms. The molecule has 2 nitrogen and oxygen atoms in total. The fraction of sp³-hybridized carbons (Fsp3) is 0.0909. The zero-order valence-corrected chi connectivity index (χ0v) is 9.85. The van der Waals surface area contributed by atoms with Crippen molar-refractivity contribution in [2.24, 2.45) is 0 Å². The molecule has 0 unspecified atom stereocenters. The number of halogens is 1. The van der Waals surface area contributed by atoms with E-state index >= 15 is 0 Å². The number of aromatic nitrogens is 1. The van der Waals surface area contributed by atoms with Crippen LogP contribution < -0.4 is 0 Å². The van der Waals surface area contributed by atoms with Crippen LogP contribution >= 0.6 is 23.1 Å². The largest absolute Gasteiger partial charge is 0.297 e. The number of hydrogen-bond acceptors (Lipinski definition) is 4. The van der Waals surface area contributed by atoms with Gasteiger partial charge in [-0.05, 0) is 18.2 Å². The van der Waals surface area contributed by atoms with Crippen LogP contribution in [-0.4, -0.2) is 11.3 Å². The summed E-state index contributed by atoms with van der Waals surface area (Å²) in [4.78, 5) is 16.0. The number of hydrogen-bond donors (Lipinski definition) is 0. The van der Waals surface area contributed by atoms with Gasteiger partial charge in [-0.2, -0.15) is 0 Å². The molecule has 0 atom stereocenters. The minimum atomic E-state index is -0.238. The predicted molar refractivity (Wildman–Crippen MR) is 63.5 cm³/mol. The van der Waals surface area contributed by atoms with E-state index < -0.39 is 0 Å². The molecule has 0 aliphatic rings. The van der Waals surface area contributed by atoms with Crippen LogP contribution in [0.3, 0.4) is 0 Å². The maximum Gasteiger partial charge on any atom is 0.161 e. The molecule has 0 fully saturated rings. The Hall–Kier alpha value is -1.20. The van der Waals surface area contributed by atoms with Crippen LogP contribution in [0.4, 0.5) is 4.39 Å². The van der Waals surface area contributed by atoms with Crippen molar-refractivity contribution in [2.75, 3.05) is 0 Å². The number of carbonyl (C=O) groups is 1. The Kier molecular flexibility index (Phi) is 3.69. The summed E-state index contributed by atoms with van der Waals surface area (Å²) >= 11 is 2.87. The Morgan fingerprint density at radius 3 is 3.06 bits per heavy atom. The molecule has 1 heterocycles. The average Bonchev–Trinajstić information content (AvgIpc) is 2.74. The van der Waals surface area contributed by atoms with Crippen molar-refractivity contribution in [3.63, 3.8) is 0 Å². The number of carbonyl (C=O) groups excluding carboxylic acids is 1. The van der Waals surface area contributed by atoms with E-state index in [0.717, 1.165) is 16.2 Å². The van der Waals surface area contributed by atoms with Gasteiger partial charge in [-0.3, -0.25) is 4.79 Å². The standard InChI is InChI=1S/C11H8FNOS2/c12-8-2-1-3-9(4-8)15-7-11-13-5-10(6-14)16-11/h1-6H,7H2. The quantitative estimate of drug-likeness (QED) is 0.618. The van der Waals surface area contributed by atoms with Crippen molar-refractivity contribution in [1.82, 2.24) is 4.98 Å². The van der Waals surface area contributed by atoms with Crippen LogP contribution in [0.1, 0.15) is 14.7 Å². The second kappa shape index (κ2) is 5.23. The zero-order valence-electron chi connectivity index (χ0n) is 8.22. The van der Waals surface area contributed by atoms with Crippen LogP contribution in [0.15, 0.2) is 35.4 Å². The molecule has 1 aromatic heterocycles. The predicted octanol–water partition coefficient (Wildman–Crippen LogP) is 3.39. The van der Waals surface area contributed by atoms with Gasteiger partial charge in [-0.15, -0.1) is 23.1 Å². The first-order valence-electron chi connectivity index (χ1n) is 4.56. The first kappa shape index (κ1) is 11.3. The SMILES string of the molecule is O=Cc1cnc(CSc2cccc(F)c2)s1. The Balaban J connectivity index is 1.99. The number of thioether (sulfide) groups is 1. The molecule has 0 saturated heterocycles. The lowest BCUT2D eigenvalue weighted by Crippen LogP contribution is -1.79. The van der Waals surface area contributed by atoms with E-state index in [2.05, 4.69) is 4.98 Å². The van der Waals surface area contributed by atoms with E-state index in [1.165, 1.54) is 35.2 Å². The number of benzene rings is 1. The maximum absolute atomic E-state index is 12.9. The van der Waals surface area contributed by atoms with Gasteiger partial charge in [-0.1, -0.05) is 6.07 Å². The molecular weight excluding hydrogens is 245 g/mol. The molecule has 0 bridgehead atoms. The molecule has 0 amide bonds. The molecule has 0 aliphatic carbocycles. The first-order valence-corrected chi connectivity index (χ1v) is 6.36. The fourth-order valence-electron chi connectivity index (χ4n) is 1.15. The molecule has 5 heteroatoms. The monoisotopic (exact) mass is 253 g/mol. The Bertz CT molecular complexity index is 498. The van der Waals surface area contributed by atoms with Crippen molar-refractivity contribution >= 4 is 29.4 Å². The van der Waals surface area contributed by atoms with E-state index in [-0.39, 0.29) is 5.82 Å². The van der Waals surface area contributed by atoms with Gasteiger partial charge >= 0.3 is 0 Å². The van der Waals surface area contributed by atoms with Gasteiger partial charge in [0.2, 0.25) is 0 Å². The molecule has 2 aromatic rings. The van der Waals surface area contributed by atoms with E-state index in [0.29, 0.717) is 10.6 Å². The minimum absolute atomic E-state index is 0.238. The van der Waals surface area contributed by atoms with Crippen LogP contribution in [0, 0.1) is 5.82 Å². The van der Waals surface area contributed by atoms with Crippen molar-refractivity contribution < 1.29 is 9.18 Å². The smallest absolute Gasteiger partial charge is 0.161 e. The molecule has 0 N–H and O–H groups in total. The van der Waals surface area contributed by atoms with Gasteiger partial charge in [0.15, 0.2) is 6.29 Å². The van der Waals surface area contributed by atoms with E-state index in [9.17, 15) is 9.18 Å². The Morgan fingerprint density at radius 1 is 1.50 bits per heavy atom. The fourth-order valence-corrected chi connectivity index (χ4v) is 2.83. The summed E-state index contributed by atoms with van der Waals surface area (Å²) in [5, 5.41) is 0.872. The lowest BCUT2D eigenvalue weighted by molar-refractivity contribution is 0.112. The number of rotatable bonds is 4. The van der Waals surface area contributed by atoms with Crippen LogP contribution in [0.2, 0.25) is 0 Å². The minimum Gasteiger partial charge on any atom is -0.297 e. The van der Waals surface area contributed by atoms with Crippen LogP contribution in [0.5, 0.6) is 0 Å². The maximum atomic E-state index is 12.9. The number of thiazole rings is 1. The van der Waals surface area contributed by atoms with Crippen molar-refractivity contribution in [3.8, 4) is 0 Å². The first-order chi connectivity index (χ1) is 7.78. The van der Waals surface area contributed by atoms with Crippen molar-refractivity contribution in [1.29, 1.82) is 0 Å². The lowest BCUT2D eigenvalue weighted by Gasteiger charge is -1.98. The van der Waals surface area contributed by atoms with Crippen molar-refractivity contribution in [3.05, 3.63) is 46.2 Å². The highest BCUT2D eigenvalue weighted by atomic mass is 32.2. The Labute approximate surface area is 101 Å². The summed E-state index contributed by atoms with van der Waals surface area (Å²) in [6.07, 6.45) is 2.34. The summed E-state index contributed by atoms with van der Waals surface area (Å²) in [7, 11) is 0. The van der Waals surface area contributed by atoms with Crippen LogP contribution in [-0.2, 0) is 5.75 Å². The topological polar surface area (TPSA) is 30.0 Å². The second-order valence-corrected chi connectivity index (χ2v) is 5.22. The Morgan fingerprint density at radius 2 is 2.38 bits per heavy atom. The summed E-state index contributed by atoms with van der Waals surface area (Å²) in [6.45, 7) is 0. The van der Waals surface area contributed by atoms with E-state index in [4.69, 9.17) is 0 Å². The molecule has 2 rings (SSSR count). The normalized spacial score (nSPS) is 10.3. The summed E-state index contributed by atoms with van der Waals surface area (Å²) in [5.74, 6) is 0.416. The second-order valence-electron chi connectivity index (χ2n) is 3.02. The molecule has 0 aliphatic heterocycles. The third-order valence-corrected chi connectivity index (χ3v) is 3.96. The highest BCUT2D eigenvalue weighted by Gasteiger charge is 2.02. The molecule has 0 saturated carbocycles. The molecular formula is C11H8FNOS2. The lowest BCUT2D eigenvalue weighted by atomic mass is 10.4. The zero-order chi connectivity index (χ0) is 11.4. The number of nitrogens with zero attached hydrogens (tertiary/aromatic N) is 1. The third-order valence-electron chi connectivity index (χ3n) is 1.85. The highest BCUT2D eigenvalue weighted by molar-refractivity contribution is 7.98. The summed E-state index contributed by atoms with van der Waals surface area (Å²) in [6, 6.07) is 6.43. The molecule has 1 aromatic carbocycles. The third kappa shape index (κ3) is 2.90.